The fraction of sp³-hybridized carbons (Fsp3) is 0.833. The van der Waals surface area contributed by atoms with Crippen molar-refractivity contribution in [3.63, 3.8) is 0 Å². The summed E-state index contributed by atoms with van der Waals surface area (Å²) in [6, 6.07) is 0.557. The second-order valence-corrected chi connectivity index (χ2v) is 5.00. The monoisotopic (exact) mass is 223 g/mol. The van der Waals surface area contributed by atoms with E-state index in [1.807, 2.05) is 6.92 Å². The normalized spacial score (nSPS) is 25.6. The summed E-state index contributed by atoms with van der Waals surface area (Å²) in [5, 5.41) is 6.93. The molecule has 1 aliphatic rings. The molecule has 4 heteroatoms. The van der Waals surface area contributed by atoms with Crippen LogP contribution in [0.5, 0.6) is 0 Å². The summed E-state index contributed by atoms with van der Waals surface area (Å²) in [6.07, 6.45) is 6.78. The molecule has 0 aromatic carbocycles. The molecule has 0 aliphatic heterocycles. The molecule has 16 heavy (non-hydrogen) atoms. The summed E-state index contributed by atoms with van der Waals surface area (Å²) in [5.41, 5.74) is 0. The highest BCUT2D eigenvalue weighted by Crippen LogP contribution is 2.30. The van der Waals surface area contributed by atoms with E-state index in [1.165, 1.54) is 32.1 Å². The second kappa shape index (κ2) is 5.32. The molecule has 0 spiro atoms. The molecule has 0 radical (unpaired) electrons. The van der Waals surface area contributed by atoms with Gasteiger partial charge in [0.15, 0.2) is 5.82 Å². The van der Waals surface area contributed by atoms with Crippen LogP contribution in [0.15, 0.2) is 4.52 Å². The number of anilines is 1. The van der Waals surface area contributed by atoms with Crippen molar-refractivity contribution >= 4 is 6.01 Å². The first-order chi connectivity index (χ1) is 7.74. The average Bonchev–Trinajstić information content (AvgIpc) is 2.64. The molecule has 2 atom stereocenters. The van der Waals surface area contributed by atoms with Crippen LogP contribution in [-0.2, 0) is 0 Å². The van der Waals surface area contributed by atoms with Gasteiger partial charge in [-0.25, -0.2) is 0 Å². The highest BCUT2D eigenvalue weighted by molar-refractivity contribution is 5.17. The Labute approximate surface area is 96.8 Å². The molecule has 90 valence electrons. The van der Waals surface area contributed by atoms with Gasteiger partial charge >= 0.3 is 6.01 Å². The van der Waals surface area contributed by atoms with E-state index in [0.717, 1.165) is 18.4 Å². The summed E-state index contributed by atoms with van der Waals surface area (Å²) < 4.78 is 5.00. The van der Waals surface area contributed by atoms with Crippen molar-refractivity contribution in [1.29, 1.82) is 0 Å². The third-order valence-electron chi connectivity index (χ3n) is 3.40. The van der Waals surface area contributed by atoms with Gasteiger partial charge in [0.25, 0.3) is 0 Å². The molecule has 1 aromatic heterocycles. The van der Waals surface area contributed by atoms with E-state index in [9.17, 15) is 0 Å². The molecule has 0 saturated heterocycles. The van der Waals surface area contributed by atoms with Crippen molar-refractivity contribution in [3.05, 3.63) is 5.82 Å². The lowest BCUT2D eigenvalue weighted by Gasteiger charge is -2.26. The first-order valence-corrected chi connectivity index (χ1v) is 6.28. The Morgan fingerprint density at radius 2 is 2.31 bits per heavy atom. The maximum absolute atomic E-state index is 5.00. The first kappa shape index (κ1) is 11.4. The van der Waals surface area contributed by atoms with E-state index in [0.29, 0.717) is 11.8 Å². The van der Waals surface area contributed by atoms with Crippen LogP contribution in [-0.4, -0.2) is 16.7 Å². The lowest BCUT2D eigenvalue weighted by molar-refractivity contribution is 0.273. The molecule has 1 aliphatic carbocycles. The number of nitrogens with zero attached hydrogens (tertiary/aromatic N) is 2. The minimum Gasteiger partial charge on any atom is -0.338 e. The van der Waals surface area contributed by atoms with Crippen molar-refractivity contribution < 1.29 is 4.52 Å². The molecule has 0 amide bonds. The zero-order valence-corrected chi connectivity index (χ0v) is 10.2. The Kier molecular flexibility index (Phi) is 3.80. The van der Waals surface area contributed by atoms with Gasteiger partial charge in [-0.15, -0.1) is 0 Å². The summed E-state index contributed by atoms with van der Waals surface area (Å²) in [7, 11) is 0. The topological polar surface area (TPSA) is 51.0 Å². The van der Waals surface area contributed by atoms with Gasteiger partial charge < -0.3 is 9.84 Å². The third kappa shape index (κ3) is 3.22. The van der Waals surface area contributed by atoms with E-state index in [2.05, 4.69) is 22.4 Å². The van der Waals surface area contributed by atoms with Crippen molar-refractivity contribution in [3.8, 4) is 0 Å². The largest absolute Gasteiger partial charge is 0.338 e. The fourth-order valence-corrected chi connectivity index (χ4v) is 2.57. The van der Waals surface area contributed by atoms with E-state index in [1.54, 1.807) is 0 Å². The summed E-state index contributed by atoms with van der Waals surface area (Å²) >= 11 is 0. The zero-order chi connectivity index (χ0) is 11.4. The van der Waals surface area contributed by atoms with Gasteiger partial charge in [-0.3, -0.25) is 0 Å². The predicted octanol–water partition coefficient (Wildman–Crippen LogP) is 3.01. The zero-order valence-electron chi connectivity index (χ0n) is 10.2. The van der Waals surface area contributed by atoms with Crippen LogP contribution in [0.4, 0.5) is 6.01 Å². The highest BCUT2D eigenvalue weighted by Gasteiger charge is 2.18. The maximum atomic E-state index is 5.00. The van der Waals surface area contributed by atoms with E-state index >= 15 is 0 Å². The van der Waals surface area contributed by atoms with Crippen LogP contribution in [0.25, 0.3) is 0 Å². The molecule has 0 bridgehead atoms. The average molecular weight is 223 g/mol. The lowest BCUT2D eigenvalue weighted by atomic mass is 9.81. The molecule has 1 heterocycles. The summed E-state index contributed by atoms with van der Waals surface area (Å²) in [4.78, 5) is 4.12. The van der Waals surface area contributed by atoms with Gasteiger partial charge in [-0.1, -0.05) is 31.3 Å². The Morgan fingerprint density at radius 1 is 1.44 bits per heavy atom. The number of aryl methyl sites for hydroxylation is 1. The molecule has 1 saturated carbocycles. The van der Waals surface area contributed by atoms with Gasteiger partial charge in [0, 0.05) is 6.54 Å². The SMILES string of the molecule is Cc1noc(NCCC2CCCC(C)C2)n1. The van der Waals surface area contributed by atoms with Crippen LogP contribution in [0.3, 0.4) is 0 Å². The Balaban J connectivity index is 1.67. The second-order valence-electron chi connectivity index (χ2n) is 5.00. The molecule has 1 aromatic rings. The maximum Gasteiger partial charge on any atom is 0.321 e. The molecule has 2 rings (SSSR count). The van der Waals surface area contributed by atoms with E-state index in [-0.39, 0.29) is 0 Å². The van der Waals surface area contributed by atoms with Crippen LogP contribution < -0.4 is 5.32 Å². The van der Waals surface area contributed by atoms with Crippen LogP contribution in [0.1, 0.15) is 44.9 Å². The van der Waals surface area contributed by atoms with Gasteiger partial charge in [-0.2, -0.15) is 4.98 Å². The fourth-order valence-electron chi connectivity index (χ4n) is 2.57. The van der Waals surface area contributed by atoms with Gasteiger partial charge in [0.2, 0.25) is 0 Å². The molecular formula is C12H21N3O. The van der Waals surface area contributed by atoms with Gasteiger partial charge in [-0.05, 0) is 31.6 Å². The van der Waals surface area contributed by atoms with Crippen molar-refractivity contribution in [1.82, 2.24) is 10.1 Å². The number of aromatic nitrogens is 2. The number of hydrogen-bond donors (Lipinski definition) is 1. The van der Waals surface area contributed by atoms with Crippen LogP contribution in [0, 0.1) is 18.8 Å². The summed E-state index contributed by atoms with van der Waals surface area (Å²) in [5.74, 6) is 2.47. The van der Waals surface area contributed by atoms with Crippen LogP contribution in [0.2, 0.25) is 0 Å². The van der Waals surface area contributed by atoms with E-state index < -0.39 is 0 Å². The van der Waals surface area contributed by atoms with Gasteiger partial charge in [0.05, 0.1) is 0 Å². The number of rotatable bonds is 4. The minimum absolute atomic E-state index is 0.557. The third-order valence-corrected chi connectivity index (χ3v) is 3.40. The van der Waals surface area contributed by atoms with Crippen molar-refractivity contribution in [2.45, 2.75) is 46.0 Å². The molecule has 2 unspecified atom stereocenters. The molecule has 1 fully saturated rings. The Bertz CT molecular complexity index is 324. The predicted molar refractivity (Wildman–Crippen MR) is 63.3 cm³/mol. The van der Waals surface area contributed by atoms with Gasteiger partial charge in [0.1, 0.15) is 0 Å². The Hall–Kier alpha value is -1.06. The minimum atomic E-state index is 0.557. The molecule has 4 nitrogen and oxygen atoms in total. The quantitative estimate of drug-likeness (QED) is 0.852. The number of nitrogens with one attached hydrogen (secondary N) is 1. The molecule has 1 N–H and O–H groups in total. The lowest BCUT2D eigenvalue weighted by Crippen LogP contribution is -2.16. The summed E-state index contributed by atoms with van der Waals surface area (Å²) in [6.45, 7) is 5.14. The van der Waals surface area contributed by atoms with Crippen LogP contribution >= 0.6 is 0 Å². The van der Waals surface area contributed by atoms with E-state index in [4.69, 9.17) is 4.52 Å². The standard InChI is InChI=1S/C12H21N3O/c1-9-4-3-5-11(8-9)6-7-13-12-14-10(2)15-16-12/h9,11H,3-8H2,1-2H3,(H,13,14,15). The van der Waals surface area contributed by atoms with Crippen molar-refractivity contribution in [2.75, 3.05) is 11.9 Å². The number of hydrogen-bond acceptors (Lipinski definition) is 4. The van der Waals surface area contributed by atoms with Crippen molar-refractivity contribution in [2.24, 2.45) is 11.8 Å². The first-order valence-electron chi connectivity index (χ1n) is 6.28. The smallest absolute Gasteiger partial charge is 0.321 e. The highest BCUT2D eigenvalue weighted by atomic mass is 16.5. The Morgan fingerprint density at radius 3 is 3.00 bits per heavy atom. The molecular weight excluding hydrogens is 202 g/mol.